The third kappa shape index (κ3) is 3.23. The van der Waals surface area contributed by atoms with Crippen LogP contribution < -0.4 is 0 Å². The van der Waals surface area contributed by atoms with Crippen LogP contribution in [-0.2, 0) is 0 Å². The quantitative estimate of drug-likeness (QED) is 0.744. The maximum Gasteiger partial charge on any atom is 0.335 e. The molecule has 0 radical (unpaired) electrons. The first-order valence-corrected chi connectivity index (χ1v) is 7.23. The normalized spacial score (nSPS) is 10.6. The van der Waals surface area contributed by atoms with Gasteiger partial charge in [-0.15, -0.1) is 0 Å². The number of aromatic carboxylic acids is 1. The van der Waals surface area contributed by atoms with E-state index in [-0.39, 0.29) is 5.56 Å². The van der Waals surface area contributed by atoms with Gasteiger partial charge in [-0.05, 0) is 60.7 Å². The summed E-state index contributed by atoms with van der Waals surface area (Å²) >= 11 is 0. The fourth-order valence-electron chi connectivity index (χ4n) is 2.26. The number of carboxylic acids is 1. The molecule has 1 N–H and O–H groups in total. The van der Waals surface area contributed by atoms with Gasteiger partial charge in [0, 0.05) is 11.9 Å². The molecule has 0 spiro atoms. The van der Waals surface area contributed by atoms with E-state index in [1.165, 1.54) is 0 Å². The number of carbonyl (C=O) groups is 1. The first kappa shape index (κ1) is 15.3. The standard InChI is InChI=1S/C19H13N3O2/c20-12-14-3-7-16(8-4-14)21-13-18-2-1-11-22(18)17-9-5-15(6-10-17)19(23)24/h1-11,13H,(H,23,24). The van der Waals surface area contributed by atoms with E-state index in [4.69, 9.17) is 10.4 Å². The third-order valence-corrected chi connectivity index (χ3v) is 3.52. The van der Waals surface area contributed by atoms with Gasteiger partial charge in [-0.2, -0.15) is 5.26 Å². The summed E-state index contributed by atoms with van der Waals surface area (Å²) in [4.78, 5) is 15.3. The monoisotopic (exact) mass is 315 g/mol. The Morgan fingerprint density at radius 2 is 1.79 bits per heavy atom. The van der Waals surface area contributed by atoms with Crippen molar-refractivity contribution in [3.63, 3.8) is 0 Å². The van der Waals surface area contributed by atoms with Crippen molar-refractivity contribution in [3.05, 3.63) is 83.7 Å². The number of nitrogens with zero attached hydrogens (tertiary/aromatic N) is 3. The van der Waals surface area contributed by atoms with E-state index in [0.717, 1.165) is 17.1 Å². The van der Waals surface area contributed by atoms with Crippen LogP contribution in [0.2, 0.25) is 0 Å². The smallest absolute Gasteiger partial charge is 0.335 e. The largest absolute Gasteiger partial charge is 0.478 e. The molecule has 0 aliphatic carbocycles. The highest BCUT2D eigenvalue weighted by Crippen LogP contribution is 2.16. The summed E-state index contributed by atoms with van der Waals surface area (Å²) in [5, 5.41) is 17.8. The molecule has 1 aromatic heterocycles. The Balaban J connectivity index is 1.85. The Morgan fingerprint density at radius 3 is 2.42 bits per heavy atom. The molecule has 0 atom stereocenters. The lowest BCUT2D eigenvalue weighted by atomic mass is 10.2. The number of aromatic nitrogens is 1. The molecule has 2 aromatic carbocycles. The molecule has 0 saturated heterocycles. The average Bonchev–Trinajstić information content (AvgIpc) is 3.09. The zero-order valence-corrected chi connectivity index (χ0v) is 12.6. The van der Waals surface area contributed by atoms with Crippen molar-refractivity contribution < 1.29 is 9.90 Å². The molecule has 0 fully saturated rings. The summed E-state index contributed by atoms with van der Waals surface area (Å²) < 4.78 is 1.92. The van der Waals surface area contributed by atoms with Crippen LogP contribution in [0.15, 0.2) is 71.9 Å². The summed E-state index contributed by atoms with van der Waals surface area (Å²) in [7, 11) is 0. The molecule has 3 rings (SSSR count). The molecule has 3 aromatic rings. The first-order valence-electron chi connectivity index (χ1n) is 7.23. The van der Waals surface area contributed by atoms with Gasteiger partial charge < -0.3 is 9.67 Å². The Bertz CT molecular complexity index is 930. The van der Waals surface area contributed by atoms with Crippen molar-refractivity contribution in [2.24, 2.45) is 4.99 Å². The molecule has 1 heterocycles. The highest BCUT2D eigenvalue weighted by Gasteiger charge is 2.04. The van der Waals surface area contributed by atoms with Gasteiger partial charge in [0.25, 0.3) is 0 Å². The molecular formula is C19H13N3O2. The van der Waals surface area contributed by atoms with Crippen LogP contribution >= 0.6 is 0 Å². The van der Waals surface area contributed by atoms with Gasteiger partial charge in [-0.1, -0.05) is 0 Å². The van der Waals surface area contributed by atoms with Gasteiger partial charge >= 0.3 is 5.97 Å². The molecule has 0 aliphatic heterocycles. The SMILES string of the molecule is N#Cc1ccc(N=Cc2cccn2-c2ccc(C(=O)O)cc2)cc1. The predicted molar refractivity (Wildman–Crippen MR) is 91.1 cm³/mol. The summed E-state index contributed by atoms with van der Waals surface area (Å²) in [5.74, 6) is -0.948. The second kappa shape index (κ2) is 6.63. The van der Waals surface area contributed by atoms with Crippen LogP contribution in [0.1, 0.15) is 21.6 Å². The minimum Gasteiger partial charge on any atom is -0.478 e. The zero-order valence-electron chi connectivity index (χ0n) is 12.6. The van der Waals surface area contributed by atoms with Crippen LogP contribution in [0.4, 0.5) is 5.69 Å². The van der Waals surface area contributed by atoms with Crippen molar-refractivity contribution in [1.82, 2.24) is 4.57 Å². The van der Waals surface area contributed by atoms with Crippen LogP contribution in [0, 0.1) is 11.3 Å². The molecule has 5 heteroatoms. The second-order valence-electron chi connectivity index (χ2n) is 5.07. The first-order chi connectivity index (χ1) is 11.7. The van der Waals surface area contributed by atoms with Crippen molar-refractivity contribution >= 4 is 17.9 Å². The van der Waals surface area contributed by atoms with Crippen LogP contribution in [-0.4, -0.2) is 21.9 Å². The van der Waals surface area contributed by atoms with E-state index in [0.29, 0.717) is 5.56 Å². The van der Waals surface area contributed by atoms with Gasteiger partial charge in [0.2, 0.25) is 0 Å². The van der Waals surface area contributed by atoms with Crippen LogP contribution in [0.25, 0.3) is 5.69 Å². The van der Waals surface area contributed by atoms with Crippen LogP contribution in [0.5, 0.6) is 0 Å². The number of rotatable bonds is 4. The van der Waals surface area contributed by atoms with Crippen molar-refractivity contribution in [1.29, 1.82) is 5.26 Å². The lowest BCUT2D eigenvalue weighted by Crippen LogP contribution is -2.00. The fourth-order valence-corrected chi connectivity index (χ4v) is 2.26. The lowest BCUT2D eigenvalue weighted by molar-refractivity contribution is 0.0697. The number of benzene rings is 2. The summed E-state index contributed by atoms with van der Waals surface area (Å²) in [6.45, 7) is 0. The molecule has 0 saturated carbocycles. The van der Waals surface area contributed by atoms with E-state index in [2.05, 4.69) is 11.1 Å². The van der Waals surface area contributed by atoms with Gasteiger partial charge in [0.05, 0.1) is 34.8 Å². The Hall–Kier alpha value is -3.65. The zero-order chi connectivity index (χ0) is 16.9. The van der Waals surface area contributed by atoms with E-state index in [1.807, 2.05) is 22.9 Å². The number of aliphatic imine (C=N–C) groups is 1. The minimum atomic E-state index is -0.948. The highest BCUT2D eigenvalue weighted by atomic mass is 16.4. The molecule has 24 heavy (non-hydrogen) atoms. The fraction of sp³-hybridized carbons (Fsp3) is 0. The van der Waals surface area contributed by atoms with E-state index in [9.17, 15) is 4.79 Å². The molecule has 0 bridgehead atoms. The molecule has 116 valence electrons. The summed E-state index contributed by atoms with van der Waals surface area (Å²) in [6.07, 6.45) is 3.61. The maximum absolute atomic E-state index is 10.9. The lowest BCUT2D eigenvalue weighted by Gasteiger charge is -2.06. The highest BCUT2D eigenvalue weighted by molar-refractivity contribution is 5.88. The van der Waals surface area contributed by atoms with E-state index in [1.54, 1.807) is 54.7 Å². The molecule has 0 aliphatic rings. The Morgan fingerprint density at radius 1 is 1.08 bits per heavy atom. The third-order valence-electron chi connectivity index (χ3n) is 3.52. The van der Waals surface area contributed by atoms with Crippen molar-refractivity contribution in [3.8, 4) is 11.8 Å². The molecule has 5 nitrogen and oxygen atoms in total. The van der Waals surface area contributed by atoms with E-state index >= 15 is 0 Å². The van der Waals surface area contributed by atoms with Crippen molar-refractivity contribution in [2.75, 3.05) is 0 Å². The van der Waals surface area contributed by atoms with Gasteiger partial charge in [-0.3, -0.25) is 4.99 Å². The number of carboxylic acid groups (broad SMARTS) is 1. The number of hydrogen-bond acceptors (Lipinski definition) is 3. The van der Waals surface area contributed by atoms with Gasteiger partial charge in [0.15, 0.2) is 0 Å². The summed E-state index contributed by atoms with van der Waals surface area (Å²) in [6, 6.07) is 19.5. The topological polar surface area (TPSA) is 78.4 Å². The van der Waals surface area contributed by atoms with Crippen LogP contribution in [0.3, 0.4) is 0 Å². The average molecular weight is 315 g/mol. The Kier molecular flexibility index (Phi) is 4.21. The summed E-state index contributed by atoms with van der Waals surface area (Å²) in [5.41, 5.74) is 3.31. The van der Waals surface area contributed by atoms with Gasteiger partial charge in [0.1, 0.15) is 0 Å². The van der Waals surface area contributed by atoms with E-state index < -0.39 is 5.97 Å². The van der Waals surface area contributed by atoms with Gasteiger partial charge in [-0.25, -0.2) is 4.79 Å². The second-order valence-corrected chi connectivity index (χ2v) is 5.07. The molecular weight excluding hydrogens is 302 g/mol. The number of hydrogen-bond donors (Lipinski definition) is 1. The molecule has 0 unspecified atom stereocenters. The minimum absolute atomic E-state index is 0.249. The number of nitriles is 1. The maximum atomic E-state index is 10.9. The molecule has 0 amide bonds. The Labute approximate surface area is 138 Å². The van der Waals surface area contributed by atoms with Crippen molar-refractivity contribution in [2.45, 2.75) is 0 Å². The predicted octanol–water partition coefficient (Wildman–Crippen LogP) is 3.80.